The second-order valence-electron chi connectivity index (χ2n) is 1.99. The zero-order valence-electron chi connectivity index (χ0n) is 3.95. The van der Waals surface area contributed by atoms with Gasteiger partial charge in [0.2, 0.25) is 0 Å². The van der Waals surface area contributed by atoms with E-state index in [1.54, 1.807) is 0 Å². The van der Waals surface area contributed by atoms with Crippen LogP contribution in [0.4, 0.5) is 0 Å². The second-order valence-corrected chi connectivity index (χ2v) is 3.67. The third-order valence-corrected chi connectivity index (χ3v) is 2.26. The summed E-state index contributed by atoms with van der Waals surface area (Å²) in [6.07, 6.45) is 3.04. The molecular formula is C5H6BrN. The molecule has 0 spiro atoms. The van der Waals surface area contributed by atoms with Gasteiger partial charge in [-0.05, 0) is 12.8 Å². The molecule has 0 aliphatic heterocycles. The molecule has 7 heavy (non-hydrogen) atoms. The molecule has 0 atom stereocenters. The van der Waals surface area contributed by atoms with Crippen LogP contribution in [0.25, 0.3) is 0 Å². The van der Waals surface area contributed by atoms with Gasteiger partial charge >= 0.3 is 0 Å². The normalized spacial score (nSPS) is 23.4. The fourth-order valence-electron chi connectivity index (χ4n) is 0.454. The molecule has 0 aromatic rings. The first-order chi connectivity index (χ1) is 3.27. The molecule has 0 aromatic heterocycles. The Hall–Kier alpha value is -0.0300. The molecule has 2 heteroatoms. The van der Waals surface area contributed by atoms with Gasteiger partial charge in [-0.15, -0.1) is 0 Å². The van der Waals surface area contributed by atoms with Crippen LogP contribution in [0.3, 0.4) is 0 Å². The van der Waals surface area contributed by atoms with Crippen molar-refractivity contribution in [3.63, 3.8) is 0 Å². The molecule has 0 saturated heterocycles. The molecule has 0 amide bonds. The van der Waals surface area contributed by atoms with E-state index in [-0.39, 0.29) is 4.32 Å². The number of hydrogen-bond acceptors (Lipinski definition) is 1. The van der Waals surface area contributed by atoms with Crippen molar-refractivity contribution in [1.82, 2.24) is 0 Å². The highest BCUT2D eigenvalue weighted by Crippen LogP contribution is 2.46. The highest BCUT2D eigenvalue weighted by Gasteiger charge is 2.39. The topological polar surface area (TPSA) is 23.8 Å². The lowest BCUT2D eigenvalue weighted by Gasteiger charge is -1.91. The molecule has 1 fully saturated rings. The zero-order valence-corrected chi connectivity index (χ0v) is 5.53. The van der Waals surface area contributed by atoms with E-state index in [1.165, 1.54) is 12.8 Å². The van der Waals surface area contributed by atoms with Gasteiger partial charge in [0.05, 0.1) is 12.5 Å². The van der Waals surface area contributed by atoms with E-state index in [2.05, 4.69) is 22.0 Å². The van der Waals surface area contributed by atoms with Gasteiger partial charge in [0.1, 0.15) is 0 Å². The minimum absolute atomic E-state index is 0.252. The molecule has 0 aromatic carbocycles. The van der Waals surface area contributed by atoms with Crippen LogP contribution in [0.1, 0.15) is 19.3 Å². The van der Waals surface area contributed by atoms with Crippen molar-refractivity contribution >= 4 is 15.9 Å². The minimum atomic E-state index is 0.252. The van der Waals surface area contributed by atoms with E-state index in [0.717, 1.165) is 0 Å². The molecule has 1 aliphatic carbocycles. The lowest BCUT2D eigenvalue weighted by molar-refractivity contribution is 0.954. The largest absolute Gasteiger partial charge is 0.198 e. The van der Waals surface area contributed by atoms with Crippen LogP contribution in [-0.2, 0) is 0 Å². The number of rotatable bonds is 1. The lowest BCUT2D eigenvalue weighted by Crippen LogP contribution is -1.90. The molecule has 0 radical (unpaired) electrons. The van der Waals surface area contributed by atoms with Crippen LogP contribution in [-0.4, -0.2) is 4.32 Å². The Balaban J connectivity index is 2.30. The summed E-state index contributed by atoms with van der Waals surface area (Å²) < 4.78 is 0.252. The number of alkyl halides is 1. The van der Waals surface area contributed by atoms with Gasteiger partial charge < -0.3 is 0 Å². The first-order valence-electron chi connectivity index (χ1n) is 2.33. The maximum atomic E-state index is 8.16. The first kappa shape index (κ1) is 5.11. The zero-order chi connectivity index (χ0) is 5.33. The maximum Gasteiger partial charge on any atom is 0.0636 e. The van der Waals surface area contributed by atoms with E-state index >= 15 is 0 Å². The van der Waals surface area contributed by atoms with Gasteiger partial charge in [0.25, 0.3) is 0 Å². The van der Waals surface area contributed by atoms with E-state index < -0.39 is 0 Å². The summed E-state index contributed by atoms with van der Waals surface area (Å²) in [6.45, 7) is 0. The van der Waals surface area contributed by atoms with Crippen molar-refractivity contribution in [2.45, 2.75) is 23.6 Å². The fourth-order valence-corrected chi connectivity index (χ4v) is 0.778. The lowest BCUT2D eigenvalue weighted by atomic mass is 10.3. The van der Waals surface area contributed by atoms with E-state index in [9.17, 15) is 0 Å². The molecular weight excluding hydrogens is 154 g/mol. The number of nitrogens with zero attached hydrogens (tertiary/aromatic N) is 1. The smallest absolute Gasteiger partial charge is 0.0636 e. The molecule has 1 saturated carbocycles. The summed E-state index contributed by atoms with van der Waals surface area (Å²) in [4.78, 5) is 0. The summed E-state index contributed by atoms with van der Waals surface area (Å²) >= 11 is 3.43. The number of hydrogen-bond donors (Lipinski definition) is 0. The molecule has 0 unspecified atom stereocenters. The average Bonchev–Trinajstić information content (AvgIpc) is 2.22. The van der Waals surface area contributed by atoms with Gasteiger partial charge in [0, 0.05) is 4.32 Å². The van der Waals surface area contributed by atoms with E-state index in [4.69, 9.17) is 5.26 Å². The Morgan fingerprint density at radius 1 is 1.71 bits per heavy atom. The van der Waals surface area contributed by atoms with Crippen LogP contribution in [0.2, 0.25) is 0 Å². The van der Waals surface area contributed by atoms with Crippen molar-refractivity contribution in [2.24, 2.45) is 0 Å². The Morgan fingerprint density at radius 3 is 2.43 bits per heavy atom. The second kappa shape index (κ2) is 1.48. The molecule has 1 nitrogen and oxygen atoms in total. The van der Waals surface area contributed by atoms with E-state index in [1.807, 2.05) is 0 Å². The predicted molar refractivity (Wildman–Crippen MR) is 31.1 cm³/mol. The van der Waals surface area contributed by atoms with Gasteiger partial charge in [-0.1, -0.05) is 15.9 Å². The predicted octanol–water partition coefficient (Wildman–Crippen LogP) is 1.83. The minimum Gasteiger partial charge on any atom is -0.198 e. The standard InChI is InChI=1S/C5H6BrN/c6-5(1-2-5)3-4-7/h1-3H2. The summed E-state index contributed by atoms with van der Waals surface area (Å²) in [7, 11) is 0. The van der Waals surface area contributed by atoms with Gasteiger partial charge in [-0.2, -0.15) is 5.26 Å². The third-order valence-electron chi connectivity index (χ3n) is 1.19. The summed E-state index contributed by atoms with van der Waals surface area (Å²) in [6, 6.07) is 2.12. The Bertz CT molecular complexity index is 110. The highest BCUT2D eigenvalue weighted by atomic mass is 79.9. The first-order valence-corrected chi connectivity index (χ1v) is 3.12. The number of nitriles is 1. The summed E-state index contributed by atoms with van der Waals surface area (Å²) in [5.41, 5.74) is 0. The van der Waals surface area contributed by atoms with Gasteiger partial charge in [-0.25, -0.2) is 0 Å². The number of halogens is 1. The molecule has 1 rings (SSSR count). The van der Waals surface area contributed by atoms with Crippen molar-refractivity contribution in [3.8, 4) is 6.07 Å². The SMILES string of the molecule is N#CCC1(Br)CC1. The Labute approximate surface area is 51.5 Å². The van der Waals surface area contributed by atoms with Crippen molar-refractivity contribution in [3.05, 3.63) is 0 Å². The van der Waals surface area contributed by atoms with Crippen LogP contribution in [0.5, 0.6) is 0 Å². The van der Waals surface area contributed by atoms with Crippen molar-refractivity contribution in [1.29, 1.82) is 5.26 Å². The fraction of sp³-hybridized carbons (Fsp3) is 0.800. The van der Waals surface area contributed by atoms with Gasteiger partial charge in [0.15, 0.2) is 0 Å². The van der Waals surface area contributed by atoms with Crippen molar-refractivity contribution < 1.29 is 0 Å². The Kier molecular flexibility index (Phi) is 1.08. The molecule has 0 bridgehead atoms. The van der Waals surface area contributed by atoms with Crippen LogP contribution in [0.15, 0.2) is 0 Å². The summed E-state index contributed by atoms with van der Waals surface area (Å²) in [5.74, 6) is 0. The van der Waals surface area contributed by atoms with Crippen LogP contribution < -0.4 is 0 Å². The van der Waals surface area contributed by atoms with Crippen LogP contribution >= 0.6 is 15.9 Å². The molecule has 1 aliphatic rings. The molecule has 38 valence electrons. The molecule has 0 heterocycles. The van der Waals surface area contributed by atoms with E-state index in [0.29, 0.717) is 6.42 Å². The van der Waals surface area contributed by atoms with Gasteiger partial charge in [-0.3, -0.25) is 0 Å². The molecule has 0 N–H and O–H groups in total. The monoisotopic (exact) mass is 159 g/mol. The highest BCUT2D eigenvalue weighted by molar-refractivity contribution is 9.10. The third kappa shape index (κ3) is 1.17. The quantitative estimate of drug-likeness (QED) is 0.536. The van der Waals surface area contributed by atoms with Crippen LogP contribution in [0, 0.1) is 11.3 Å². The average molecular weight is 160 g/mol. The van der Waals surface area contributed by atoms with Crippen molar-refractivity contribution in [2.75, 3.05) is 0 Å². The summed E-state index contributed by atoms with van der Waals surface area (Å²) in [5, 5.41) is 8.16. The Morgan fingerprint density at radius 2 is 2.29 bits per heavy atom. The maximum absolute atomic E-state index is 8.16.